The van der Waals surface area contributed by atoms with E-state index in [0.29, 0.717) is 5.71 Å². The molecule has 0 atom stereocenters. The Morgan fingerprint density at radius 2 is 2.08 bits per heavy atom. The third-order valence-corrected chi connectivity index (χ3v) is 4.94. The molecule has 7 heteroatoms. The number of hydrazone groups is 1. The maximum Gasteiger partial charge on any atom is 0.250 e. The summed E-state index contributed by atoms with van der Waals surface area (Å²) in [6.45, 7) is 1.84. The lowest BCUT2D eigenvalue weighted by Crippen LogP contribution is -2.21. The summed E-state index contributed by atoms with van der Waals surface area (Å²) in [5, 5.41) is 4.97. The van der Waals surface area contributed by atoms with Crippen LogP contribution in [0.3, 0.4) is 0 Å². The largest absolute Gasteiger partial charge is 0.497 e. The normalized spacial score (nSPS) is 11.6. The number of nitrogens with one attached hydrogen (secondary N) is 1. The van der Waals surface area contributed by atoms with E-state index >= 15 is 0 Å². The zero-order valence-electron chi connectivity index (χ0n) is 14.9. The van der Waals surface area contributed by atoms with E-state index in [-0.39, 0.29) is 11.7 Å². The first kappa shape index (κ1) is 18.0. The summed E-state index contributed by atoms with van der Waals surface area (Å²) >= 11 is 1.38. The van der Waals surface area contributed by atoms with Crippen molar-refractivity contribution < 1.29 is 9.53 Å². The Morgan fingerprint density at radius 1 is 1.27 bits per heavy atom. The molecular formula is C19H20N4O2S. The topological polar surface area (TPSA) is 68.5 Å². The van der Waals surface area contributed by atoms with Gasteiger partial charge in [-0.1, -0.05) is 36.0 Å². The molecule has 0 aliphatic heterocycles. The monoisotopic (exact) mass is 368 g/mol. The van der Waals surface area contributed by atoms with Gasteiger partial charge in [-0.05, 0) is 31.2 Å². The van der Waals surface area contributed by atoms with Gasteiger partial charge in [0.2, 0.25) is 0 Å². The van der Waals surface area contributed by atoms with E-state index in [1.165, 1.54) is 11.8 Å². The lowest BCUT2D eigenvalue weighted by atomic mass is 10.1. The Balaban J connectivity index is 1.60. The molecule has 0 unspecified atom stereocenters. The number of hydrogen-bond acceptors (Lipinski definition) is 5. The SMILES string of the molecule is COc1cccc(/C(C)=N/NC(=O)CSc2nc3ccccc3n2C)c1. The Bertz CT molecular complexity index is 965. The van der Waals surface area contributed by atoms with Crippen LogP contribution in [0.1, 0.15) is 12.5 Å². The number of methoxy groups -OCH3 is 1. The highest BCUT2D eigenvalue weighted by atomic mass is 32.2. The van der Waals surface area contributed by atoms with Gasteiger partial charge < -0.3 is 9.30 Å². The number of ether oxygens (including phenoxy) is 1. The molecule has 0 radical (unpaired) electrons. The third-order valence-electron chi connectivity index (χ3n) is 3.91. The number of para-hydroxylation sites is 2. The highest BCUT2D eigenvalue weighted by Crippen LogP contribution is 2.22. The predicted molar refractivity (Wildman–Crippen MR) is 105 cm³/mol. The van der Waals surface area contributed by atoms with E-state index in [4.69, 9.17) is 4.74 Å². The minimum absolute atomic E-state index is 0.177. The fourth-order valence-corrected chi connectivity index (χ4v) is 3.25. The Labute approximate surface area is 156 Å². The molecule has 0 aliphatic carbocycles. The molecule has 0 aliphatic rings. The second kappa shape index (κ2) is 8.05. The van der Waals surface area contributed by atoms with Crippen molar-refractivity contribution in [3.05, 3.63) is 54.1 Å². The van der Waals surface area contributed by atoms with E-state index in [1.807, 2.05) is 67.1 Å². The molecule has 3 aromatic rings. The summed E-state index contributed by atoms with van der Waals surface area (Å²) < 4.78 is 7.18. The molecule has 0 bridgehead atoms. The highest BCUT2D eigenvalue weighted by molar-refractivity contribution is 7.99. The van der Waals surface area contributed by atoms with Gasteiger partial charge in [0.05, 0.1) is 29.6 Å². The fourth-order valence-electron chi connectivity index (χ4n) is 2.47. The van der Waals surface area contributed by atoms with Gasteiger partial charge in [-0.2, -0.15) is 5.10 Å². The molecule has 0 saturated heterocycles. The highest BCUT2D eigenvalue weighted by Gasteiger charge is 2.10. The van der Waals surface area contributed by atoms with E-state index in [9.17, 15) is 4.79 Å². The number of thioether (sulfide) groups is 1. The van der Waals surface area contributed by atoms with Crippen LogP contribution in [0.25, 0.3) is 11.0 Å². The smallest absolute Gasteiger partial charge is 0.250 e. The van der Waals surface area contributed by atoms with Crippen LogP contribution in [0.15, 0.2) is 58.8 Å². The number of aromatic nitrogens is 2. The molecule has 1 heterocycles. The molecular weight excluding hydrogens is 348 g/mol. The number of aryl methyl sites for hydroxylation is 1. The summed E-state index contributed by atoms with van der Waals surface area (Å²) in [4.78, 5) is 16.6. The number of carbonyl (C=O) groups excluding carboxylic acids is 1. The van der Waals surface area contributed by atoms with Crippen molar-refractivity contribution in [3.63, 3.8) is 0 Å². The summed E-state index contributed by atoms with van der Waals surface area (Å²) in [5.41, 5.74) is 6.17. The average molecular weight is 368 g/mol. The quantitative estimate of drug-likeness (QED) is 0.412. The summed E-state index contributed by atoms with van der Waals surface area (Å²) in [7, 11) is 3.56. The first-order valence-corrected chi connectivity index (χ1v) is 9.09. The summed E-state index contributed by atoms with van der Waals surface area (Å²) in [6, 6.07) is 15.4. The molecule has 1 amide bonds. The molecule has 0 saturated carbocycles. The van der Waals surface area contributed by atoms with Gasteiger partial charge in [0, 0.05) is 12.6 Å². The van der Waals surface area contributed by atoms with Crippen LogP contribution in [0.2, 0.25) is 0 Å². The maximum absolute atomic E-state index is 12.1. The molecule has 3 rings (SSSR count). The number of carbonyl (C=O) groups is 1. The van der Waals surface area contributed by atoms with Crippen LogP contribution in [-0.2, 0) is 11.8 Å². The van der Waals surface area contributed by atoms with Crippen LogP contribution in [0, 0.1) is 0 Å². The lowest BCUT2D eigenvalue weighted by Gasteiger charge is -2.05. The van der Waals surface area contributed by atoms with Crippen LogP contribution in [0.5, 0.6) is 5.75 Å². The molecule has 26 heavy (non-hydrogen) atoms. The molecule has 0 fully saturated rings. The number of imidazole rings is 1. The van der Waals surface area contributed by atoms with Crippen LogP contribution in [0.4, 0.5) is 0 Å². The van der Waals surface area contributed by atoms with Crippen molar-refractivity contribution in [3.8, 4) is 5.75 Å². The van der Waals surface area contributed by atoms with Gasteiger partial charge in [-0.25, -0.2) is 10.4 Å². The van der Waals surface area contributed by atoms with Gasteiger partial charge in [-0.3, -0.25) is 4.79 Å². The van der Waals surface area contributed by atoms with Gasteiger partial charge >= 0.3 is 0 Å². The van der Waals surface area contributed by atoms with Crippen molar-refractivity contribution in [1.29, 1.82) is 0 Å². The zero-order valence-corrected chi connectivity index (χ0v) is 15.7. The summed E-state index contributed by atoms with van der Waals surface area (Å²) in [5.74, 6) is 0.816. The van der Waals surface area contributed by atoms with E-state index in [0.717, 1.165) is 27.5 Å². The fraction of sp³-hybridized carbons (Fsp3) is 0.211. The molecule has 0 spiro atoms. The molecule has 2 aromatic carbocycles. The second-order valence-electron chi connectivity index (χ2n) is 5.69. The van der Waals surface area contributed by atoms with Crippen molar-refractivity contribution >= 4 is 34.4 Å². The predicted octanol–water partition coefficient (Wildman–Crippen LogP) is 3.21. The van der Waals surface area contributed by atoms with E-state index in [2.05, 4.69) is 15.5 Å². The Morgan fingerprint density at radius 3 is 2.85 bits per heavy atom. The van der Waals surface area contributed by atoms with Crippen LogP contribution < -0.4 is 10.2 Å². The number of fused-ring (bicyclic) bond motifs is 1. The summed E-state index contributed by atoms with van der Waals surface area (Å²) in [6.07, 6.45) is 0. The van der Waals surface area contributed by atoms with Crippen LogP contribution in [-0.4, -0.2) is 34.0 Å². The zero-order chi connectivity index (χ0) is 18.5. The third kappa shape index (κ3) is 4.05. The van der Waals surface area contributed by atoms with Crippen molar-refractivity contribution in [2.45, 2.75) is 12.1 Å². The van der Waals surface area contributed by atoms with Gasteiger partial charge in [0.15, 0.2) is 5.16 Å². The molecule has 134 valence electrons. The van der Waals surface area contributed by atoms with Gasteiger partial charge in [0.1, 0.15) is 5.75 Å². The lowest BCUT2D eigenvalue weighted by molar-refractivity contribution is -0.118. The van der Waals surface area contributed by atoms with Crippen molar-refractivity contribution in [2.75, 3.05) is 12.9 Å². The second-order valence-corrected chi connectivity index (χ2v) is 6.64. The number of nitrogens with zero attached hydrogens (tertiary/aromatic N) is 3. The van der Waals surface area contributed by atoms with Crippen molar-refractivity contribution in [2.24, 2.45) is 12.1 Å². The average Bonchev–Trinajstić information content (AvgIpc) is 3.00. The number of benzene rings is 2. The maximum atomic E-state index is 12.1. The number of hydrogen-bond donors (Lipinski definition) is 1. The van der Waals surface area contributed by atoms with Gasteiger partial charge in [0.25, 0.3) is 5.91 Å². The Hall–Kier alpha value is -2.80. The minimum Gasteiger partial charge on any atom is -0.497 e. The Kier molecular flexibility index (Phi) is 5.58. The first-order chi connectivity index (χ1) is 12.6. The number of amides is 1. The van der Waals surface area contributed by atoms with E-state index < -0.39 is 0 Å². The molecule has 1 N–H and O–H groups in total. The van der Waals surface area contributed by atoms with Gasteiger partial charge in [-0.15, -0.1) is 0 Å². The minimum atomic E-state index is -0.177. The van der Waals surface area contributed by atoms with Crippen molar-refractivity contribution in [1.82, 2.24) is 15.0 Å². The van der Waals surface area contributed by atoms with E-state index in [1.54, 1.807) is 7.11 Å². The molecule has 6 nitrogen and oxygen atoms in total. The standard InChI is InChI=1S/C19H20N4O2S/c1-13(14-7-6-8-15(11-14)25-3)21-22-18(24)12-26-19-20-16-9-4-5-10-17(16)23(19)2/h4-11H,12H2,1-3H3,(H,22,24)/b21-13+. The number of rotatable bonds is 6. The first-order valence-electron chi connectivity index (χ1n) is 8.10. The molecule has 1 aromatic heterocycles. The van der Waals surface area contributed by atoms with Crippen LogP contribution >= 0.6 is 11.8 Å².